The zero-order valence-electron chi connectivity index (χ0n) is 8.98. The number of hydrogen-bond acceptors (Lipinski definition) is 3. The van der Waals surface area contributed by atoms with Crippen LogP contribution in [0.25, 0.3) is 0 Å². The lowest BCUT2D eigenvalue weighted by Crippen LogP contribution is -2.30. The molecule has 0 unspecified atom stereocenters. The Morgan fingerprint density at radius 2 is 2.00 bits per heavy atom. The number of carbonyl (C=O) groups excluding carboxylic acids is 2. The van der Waals surface area contributed by atoms with Crippen LogP contribution in [-0.4, -0.2) is 27.5 Å². The van der Waals surface area contributed by atoms with Crippen LogP contribution in [0.2, 0.25) is 0 Å². The van der Waals surface area contributed by atoms with E-state index >= 15 is 0 Å². The molecule has 1 heterocycles. The number of Topliss-reactive ketones (excluding diaryl/α,β-unsaturated/α-hetero) is 1. The van der Waals surface area contributed by atoms with Crippen molar-refractivity contribution < 1.29 is 19.5 Å². The molecule has 2 amide bonds. The highest BCUT2D eigenvalue weighted by atomic mass is 16.4. The summed E-state index contributed by atoms with van der Waals surface area (Å²) in [4.78, 5) is 32.5. The van der Waals surface area contributed by atoms with E-state index in [1.807, 2.05) is 0 Å². The summed E-state index contributed by atoms with van der Waals surface area (Å²) in [5.74, 6) is -0.726. The van der Waals surface area contributed by atoms with Gasteiger partial charge in [-0.3, -0.25) is 14.9 Å². The summed E-state index contributed by atoms with van der Waals surface area (Å²) in [5.41, 5.74) is 1.07. The Bertz CT molecular complexity index is 448. The van der Waals surface area contributed by atoms with Crippen LogP contribution in [0.3, 0.4) is 0 Å². The average Bonchev–Trinajstić information content (AvgIpc) is 2.46. The molecule has 0 saturated carbocycles. The molecule has 0 aromatic carbocycles. The van der Waals surface area contributed by atoms with E-state index in [1.165, 1.54) is 6.92 Å². The first-order valence-electron chi connectivity index (χ1n) is 4.60. The van der Waals surface area contributed by atoms with E-state index < -0.39 is 12.0 Å². The molecule has 0 atom stereocenters. The predicted octanol–water partition coefficient (Wildman–Crippen LogP) is 0.564. The Morgan fingerprint density at radius 3 is 2.44 bits per heavy atom. The molecule has 0 radical (unpaired) electrons. The van der Waals surface area contributed by atoms with Crippen molar-refractivity contribution in [1.82, 2.24) is 9.88 Å². The van der Waals surface area contributed by atoms with Crippen molar-refractivity contribution in [3.05, 3.63) is 23.5 Å². The van der Waals surface area contributed by atoms with Gasteiger partial charge in [0.2, 0.25) is 5.91 Å². The zero-order valence-corrected chi connectivity index (χ0v) is 8.98. The van der Waals surface area contributed by atoms with Crippen LogP contribution in [0.5, 0.6) is 0 Å². The van der Waals surface area contributed by atoms with E-state index in [2.05, 4.69) is 0 Å². The Balaban J connectivity index is 2.79. The van der Waals surface area contributed by atoms with Gasteiger partial charge in [0.05, 0.1) is 12.1 Å². The lowest BCUT2D eigenvalue weighted by molar-refractivity contribution is -0.119. The average molecular weight is 224 g/mol. The molecular formula is C10H12N2O4. The van der Waals surface area contributed by atoms with Crippen LogP contribution in [0.15, 0.2) is 12.1 Å². The van der Waals surface area contributed by atoms with Crippen LogP contribution in [0.4, 0.5) is 4.79 Å². The van der Waals surface area contributed by atoms with Crippen LogP contribution in [-0.2, 0) is 18.3 Å². The second kappa shape index (κ2) is 4.61. The van der Waals surface area contributed by atoms with E-state index in [0.717, 1.165) is 0 Å². The number of aromatic nitrogens is 1. The van der Waals surface area contributed by atoms with E-state index in [4.69, 9.17) is 5.11 Å². The van der Waals surface area contributed by atoms with Crippen molar-refractivity contribution >= 4 is 17.8 Å². The van der Waals surface area contributed by atoms with E-state index in [-0.39, 0.29) is 12.2 Å². The van der Waals surface area contributed by atoms with Gasteiger partial charge in [-0.05, 0) is 12.1 Å². The maximum absolute atomic E-state index is 11.2. The number of nitrogens with one attached hydrogen (secondary N) is 1. The molecule has 86 valence electrons. The van der Waals surface area contributed by atoms with Gasteiger partial charge in [0, 0.05) is 19.7 Å². The van der Waals surface area contributed by atoms with Crippen molar-refractivity contribution in [2.24, 2.45) is 7.05 Å². The first-order valence-corrected chi connectivity index (χ1v) is 4.60. The molecule has 0 aliphatic heterocycles. The van der Waals surface area contributed by atoms with Crippen molar-refractivity contribution in [3.8, 4) is 0 Å². The molecule has 0 bridgehead atoms. The standard InChI is InChI=1S/C10H12N2O4/c1-6(13)8-4-3-7(12(8)2)5-9(14)11-10(15)16/h3-4H,5H2,1-2H3,(H,11,14)(H,15,16). The summed E-state index contributed by atoms with van der Waals surface area (Å²) in [6.45, 7) is 1.43. The first-order chi connectivity index (χ1) is 7.41. The minimum absolute atomic E-state index is 0.0733. The molecule has 0 aliphatic rings. The lowest BCUT2D eigenvalue weighted by Gasteiger charge is -2.04. The molecule has 16 heavy (non-hydrogen) atoms. The van der Waals surface area contributed by atoms with Crippen LogP contribution in [0.1, 0.15) is 23.1 Å². The number of ketones is 1. The third-order valence-corrected chi connectivity index (χ3v) is 2.17. The molecular weight excluding hydrogens is 212 g/mol. The summed E-state index contributed by atoms with van der Waals surface area (Å²) in [5, 5.41) is 10.1. The maximum Gasteiger partial charge on any atom is 0.411 e. The van der Waals surface area contributed by atoms with Gasteiger partial charge < -0.3 is 9.67 Å². The van der Waals surface area contributed by atoms with Gasteiger partial charge in [-0.1, -0.05) is 0 Å². The highest BCUT2D eigenvalue weighted by Gasteiger charge is 2.12. The normalized spacial score (nSPS) is 9.88. The van der Waals surface area contributed by atoms with Gasteiger partial charge in [-0.2, -0.15) is 0 Å². The van der Waals surface area contributed by atoms with Gasteiger partial charge in [0.25, 0.3) is 0 Å². The van der Waals surface area contributed by atoms with E-state index in [0.29, 0.717) is 11.4 Å². The third kappa shape index (κ3) is 2.69. The lowest BCUT2D eigenvalue weighted by atomic mass is 10.3. The van der Waals surface area contributed by atoms with Gasteiger partial charge in [-0.15, -0.1) is 0 Å². The first kappa shape index (κ1) is 12.0. The van der Waals surface area contributed by atoms with E-state index in [1.54, 1.807) is 29.1 Å². The van der Waals surface area contributed by atoms with Crippen molar-refractivity contribution in [3.63, 3.8) is 0 Å². The van der Waals surface area contributed by atoms with Gasteiger partial charge >= 0.3 is 6.09 Å². The molecule has 1 rings (SSSR count). The Hall–Kier alpha value is -2.11. The van der Waals surface area contributed by atoms with Crippen molar-refractivity contribution in [1.29, 1.82) is 0 Å². The zero-order chi connectivity index (χ0) is 12.3. The molecule has 0 saturated heterocycles. The predicted molar refractivity (Wildman–Crippen MR) is 55.3 cm³/mol. The van der Waals surface area contributed by atoms with Crippen molar-refractivity contribution in [2.75, 3.05) is 0 Å². The summed E-state index contributed by atoms with van der Waals surface area (Å²) in [6.07, 6.45) is -1.46. The molecule has 1 aromatic rings. The Kier molecular flexibility index (Phi) is 3.44. The SMILES string of the molecule is CC(=O)c1ccc(CC(=O)NC(=O)O)n1C. The number of amides is 2. The Morgan fingerprint density at radius 1 is 1.38 bits per heavy atom. The molecule has 0 aliphatic carbocycles. The number of hydrogen-bond donors (Lipinski definition) is 2. The summed E-state index contributed by atoms with van der Waals surface area (Å²) in [7, 11) is 1.65. The van der Waals surface area contributed by atoms with Gasteiger partial charge in [0.1, 0.15) is 0 Å². The molecule has 1 aromatic heterocycles. The number of nitrogens with zero attached hydrogens (tertiary/aromatic N) is 1. The topological polar surface area (TPSA) is 88.4 Å². The van der Waals surface area contributed by atoms with Crippen LogP contribution in [0, 0.1) is 0 Å². The fourth-order valence-electron chi connectivity index (χ4n) is 1.41. The quantitative estimate of drug-likeness (QED) is 0.734. The minimum atomic E-state index is -1.38. The van der Waals surface area contributed by atoms with Gasteiger partial charge in [0.15, 0.2) is 5.78 Å². The maximum atomic E-state index is 11.2. The highest BCUT2D eigenvalue weighted by Crippen LogP contribution is 2.08. The summed E-state index contributed by atoms with van der Waals surface area (Å²) >= 11 is 0. The fraction of sp³-hybridized carbons (Fsp3) is 0.300. The molecule has 6 heteroatoms. The van der Waals surface area contributed by atoms with Crippen molar-refractivity contribution in [2.45, 2.75) is 13.3 Å². The largest absolute Gasteiger partial charge is 0.465 e. The molecule has 6 nitrogen and oxygen atoms in total. The number of imide groups is 1. The monoisotopic (exact) mass is 224 g/mol. The second-order valence-electron chi connectivity index (χ2n) is 3.36. The molecule has 2 N–H and O–H groups in total. The van der Waals surface area contributed by atoms with E-state index in [9.17, 15) is 14.4 Å². The number of carboxylic acid groups (broad SMARTS) is 1. The Labute approximate surface area is 91.9 Å². The van der Waals surface area contributed by atoms with Gasteiger partial charge in [-0.25, -0.2) is 4.79 Å². The smallest absolute Gasteiger partial charge is 0.411 e. The van der Waals surface area contributed by atoms with Crippen LogP contribution >= 0.6 is 0 Å². The fourth-order valence-corrected chi connectivity index (χ4v) is 1.41. The summed E-state index contributed by atoms with van der Waals surface area (Å²) < 4.78 is 1.57. The third-order valence-electron chi connectivity index (χ3n) is 2.17. The number of rotatable bonds is 3. The number of carbonyl (C=O) groups is 3. The molecule has 0 spiro atoms. The second-order valence-corrected chi connectivity index (χ2v) is 3.36. The minimum Gasteiger partial charge on any atom is -0.465 e. The van der Waals surface area contributed by atoms with Crippen LogP contribution < -0.4 is 5.32 Å². The summed E-state index contributed by atoms with van der Waals surface area (Å²) in [6, 6.07) is 3.23. The molecule has 0 fully saturated rings. The highest BCUT2D eigenvalue weighted by molar-refractivity contribution is 5.94.